The first-order chi connectivity index (χ1) is 10.3. The molecular formula is C15H23F3O4S. The third-order valence-electron chi connectivity index (χ3n) is 3.98. The minimum absolute atomic E-state index is 0.145. The van der Waals surface area contributed by atoms with E-state index in [2.05, 4.69) is 4.18 Å². The highest BCUT2D eigenvalue weighted by Gasteiger charge is 2.54. The number of allylic oxidation sites excluding steroid dienone is 2. The molecule has 0 fully saturated rings. The molecule has 0 saturated heterocycles. The molecule has 0 aromatic heterocycles. The first kappa shape index (κ1) is 20.0. The molecule has 0 bridgehead atoms. The Labute approximate surface area is 135 Å². The lowest BCUT2D eigenvalue weighted by atomic mass is 9.64. The molecule has 1 rings (SSSR count). The fourth-order valence-electron chi connectivity index (χ4n) is 3.04. The Balaban J connectivity index is 3.45. The number of hydrogen-bond donors (Lipinski definition) is 0. The van der Waals surface area contributed by atoms with Gasteiger partial charge in [0.1, 0.15) is 11.5 Å². The molecule has 0 amide bonds. The maximum absolute atomic E-state index is 12.7. The first-order valence-electron chi connectivity index (χ1n) is 7.59. The summed E-state index contributed by atoms with van der Waals surface area (Å²) in [5, 5.41) is 0. The van der Waals surface area contributed by atoms with E-state index in [9.17, 15) is 26.4 Å². The van der Waals surface area contributed by atoms with Crippen LogP contribution in [0, 0.1) is 10.8 Å². The van der Waals surface area contributed by atoms with E-state index in [0.29, 0.717) is 12.8 Å². The van der Waals surface area contributed by atoms with Crippen LogP contribution < -0.4 is 0 Å². The zero-order valence-electron chi connectivity index (χ0n) is 13.8. The molecule has 4 nitrogen and oxygen atoms in total. The van der Waals surface area contributed by atoms with E-state index in [1.807, 2.05) is 0 Å². The second kappa shape index (κ2) is 6.45. The topological polar surface area (TPSA) is 60.4 Å². The third-order valence-corrected chi connectivity index (χ3v) is 4.95. The molecule has 0 saturated carbocycles. The number of carbonyl (C=O) groups excluding carboxylic acids is 1. The van der Waals surface area contributed by atoms with Gasteiger partial charge in [0, 0.05) is 6.42 Å². The minimum atomic E-state index is -5.80. The van der Waals surface area contributed by atoms with Crippen molar-refractivity contribution in [3.05, 3.63) is 11.8 Å². The van der Waals surface area contributed by atoms with Crippen LogP contribution in [-0.2, 0) is 19.1 Å². The molecule has 0 radical (unpaired) electrons. The number of carbonyl (C=O) groups is 1. The van der Waals surface area contributed by atoms with Crippen molar-refractivity contribution in [3.63, 3.8) is 0 Å². The van der Waals surface area contributed by atoms with Gasteiger partial charge in [-0.25, -0.2) is 0 Å². The van der Waals surface area contributed by atoms with Crippen molar-refractivity contribution in [1.82, 2.24) is 0 Å². The van der Waals surface area contributed by atoms with Crippen LogP contribution in [0.2, 0.25) is 0 Å². The SMILES string of the molecule is CCCC1(CCC)C(=O)CC(C)(C)C=C1OS(=O)(=O)C(F)(F)F. The van der Waals surface area contributed by atoms with Crippen molar-refractivity contribution in [2.75, 3.05) is 0 Å². The van der Waals surface area contributed by atoms with Gasteiger partial charge in [-0.2, -0.15) is 21.6 Å². The minimum Gasteiger partial charge on any atom is -0.380 e. The van der Waals surface area contributed by atoms with Gasteiger partial charge in [-0.15, -0.1) is 0 Å². The Kier molecular flexibility index (Phi) is 5.61. The molecule has 0 unspecified atom stereocenters. The van der Waals surface area contributed by atoms with Gasteiger partial charge >= 0.3 is 15.6 Å². The largest absolute Gasteiger partial charge is 0.534 e. The van der Waals surface area contributed by atoms with Gasteiger partial charge in [-0.1, -0.05) is 40.5 Å². The van der Waals surface area contributed by atoms with Gasteiger partial charge < -0.3 is 4.18 Å². The van der Waals surface area contributed by atoms with Gasteiger partial charge in [0.15, 0.2) is 0 Å². The van der Waals surface area contributed by atoms with E-state index >= 15 is 0 Å². The summed E-state index contributed by atoms with van der Waals surface area (Å²) in [5.41, 5.74) is -7.57. The number of hydrogen-bond acceptors (Lipinski definition) is 4. The summed E-state index contributed by atoms with van der Waals surface area (Å²) in [6.07, 6.45) is 3.08. The van der Waals surface area contributed by atoms with Crippen LogP contribution in [0.15, 0.2) is 11.8 Å². The number of Topliss-reactive ketones (excluding diaryl/α,β-unsaturated/α-hetero) is 1. The van der Waals surface area contributed by atoms with E-state index < -0.39 is 26.5 Å². The molecule has 1 aliphatic carbocycles. The Bertz CT molecular complexity index is 582. The average molecular weight is 356 g/mol. The van der Waals surface area contributed by atoms with Crippen molar-refractivity contribution < 1.29 is 30.6 Å². The average Bonchev–Trinajstić information content (AvgIpc) is 2.33. The van der Waals surface area contributed by atoms with Crippen molar-refractivity contribution >= 4 is 15.9 Å². The van der Waals surface area contributed by atoms with Crippen LogP contribution in [-0.4, -0.2) is 19.7 Å². The molecule has 134 valence electrons. The fraction of sp³-hybridized carbons (Fsp3) is 0.800. The molecule has 1 aliphatic rings. The highest BCUT2D eigenvalue weighted by atomic mass is 32.2. The van der Waals surface area contributed by atoms with Gasteiger partial charge in [0.2, 0.25) is 0 Å². The molecule has 23 heavy (non-hydrogen) atoms. The van der Waals surface area contributed by atoms with E-state index in [4.69, 9.17) is 0 Å². The number of alkyl halides is 3. The van der Waals surface area contributed by atoms with Gasteiger partial charge in [-0.3, -0.25) is 4.79 Å². The Morgan fingerprint density at radius 2 is 1.65 bits per heavy atom. The normalized spacial score (nSPS) is 21.0. The second-order valence-electron chi connectivity index (χ2n) is 6.66. The highest BCUT2D eigenvalue weighted by Crippen LogP contribution is 2.49. The number of rotatable bonds is 6. The van der Waals surface area contributed by atoms with Crippen molar-refractivity contribution in [1.29, 1.82) is 0 Å². The van der Waals surface area contributed by atoms with E-state index in [1.165, 1.54) is 6.08 Å². The standard InChI is InChI=1S/C15H23F3O4S/c1-5-7-14(8-6-2)11(19)9-13(3,4)10-12(14)22-23(20,21)15(16,17)18/h10H,5-9H2,1-4H3. The monoisotopic (exact) mass is 356 g/mol. The summed E-state index contributed by atoms with van der Waals surface area (Å²) in [7, 11) is -5.80. The van der Waals surface area contributed by atoms with Crippen molar-refractivity contribution in [3.8, 4) is 0 Å². The van der Waals surface area contributed by atoms with Crippen LogP contribution in [0.5, 0.6) is 0 Å². The number of ketones is 1. The molecule has 8 heteroatoms. The third kappa shape index (κ3) is 4.08. The molecule has 0 aliphatic heterocycles. The molecule has 0 aromatic carbocycles. The predicted molar refractivity (Wildman–Crippen MR) is 79.8 cm³/mol. The van der Waals surface area contributed by atoms with E-state index in [-0.39, 0.29) is 30.8 Å². The summed E-state index contributed by atoms with van der Waals surface area (Å²) >= 11 is 0. The lowest BCUT2D eigenvalue weighted by Crippen LogP contribution is -2.42. The number of halogens is 3. The van der Waals surface area contributed by atoms with E-state index in [1.54, 1.807) is 27.7 Å². The maximum Gasteiger partial charge on any atom is 0.534 e. The summed E-state index contributed by atoms with van der Waals surface area (Å²) < 4.78 is 65.4. The zero-order valence-corrected chi connectivity index (χ0v) is 14.6. The lowest BCUT2D eigenvalue weighted by Gasteiger charge is -2.41. The smallest absolute Gasteiger partial charge is 0.380 e. The van der Waals surface area contributed by atoms with Crippen molar-refractivity contribution in [2.24, 2.45) is 10.8 Å². The maximum atomic E-state index is 12.7. The Hall–Kier alpha value is -1.05. The van der Waals surface area contributed by atoms with Crippen LogP contribution in [0.4, 0.5) is 13.2 Å². The van der Waals surface area contributed by atoms with E-state index in [0.717, 1.165) is 0 Å². The zero-order chi connectivity index (χ0) is 18.1. The van der Waals surface area contributed by atoms with Gasteiger partial charge in [0.25, 0.3) is 0 Å². The van der Waals surface area contributed by atoms with Crippen LogP contribution in [0.1, 0.15) is 59.8 Å². The lowest BCUT2D eigenvalue weighted by molar-refractivity contribution is -0.132. The first-order valence-corrected chi connectivity index (χ1v) is 8.99. The predicted octanol–water partition coefficient (Wildman–Crippen LogP) is 4.32. The van der Waals surface area contributed by atoms with Crippen molar-refractivity contribution in [2.45, 2.75) is 65.3 Å². The Morgan fingerprint density at radius 1 is 1.17 bits per heavy atom. The molecule has 0 heterocycles. The molecule has 0 spiro atoms. The Morgan fingerprint density at radius 3 is 2.04 bits per heavy atom. The molecule has 0 N–H and O–H groups in total. The van der Waals surface area contributed by atoms with Crippen LogP contribution in [0.25, 0.3) is 0 Å². The highest BCUT2D eigenvalue weighted by molar-refractivity contribution is 7.87. The summed E-state index contributed by atoms with van der Waals surface area (Å²) in [5.74, 6) is -0.638. The molecular weight excluding hydrogens is 333 g/mol. The van der Waals surface area contributed by atoms with Crippen LogP contribution in [0.3, 0.4) is 0 Å². The van der Waals surface area contributed by atoms with Gasteiger partial charge in [-0.05, 0) is 24.3 Å². The summed E-state index contributed by atoms with van der Waals surface area (Å²) in [4.78, 5) is 12.7. The van der Waals surface area contributed by atoms with Gasteiger partial charge in [0.05, 0.1) is 5.41 Å². The quantitative estimate of drug-likeness (QED) is 0.525. The second-order valence-corrected chi connectivity index (χ2v) is 8.20. The summed E-state index contributed by atoms with van der Waals surface area (Å²) in [6.45, 7) is 6.91. The summed E-state index contributed by atoms with van der Waals surface area (Å²) in [6, 6.07) is 0. The van der Waals surface area contributed by atoms with Crippen LogP contribution >= 0.6 is 0 Å². The fourth-order valence-corrected chi connectivity index (χ4v) is 3.58. The molecule has 0 atom stereocenters. The molecule has 0 aromatic rings.